The molecule has 3 fully saturated rings. The van der Waals surface area contributed by atoms with Gasteiger partial charge in [-0.1, -0.05) is 45.1 Å². The molecule has 0 bridgehead atoms. The number of nitrogens with zero attached hydrogens (tertiary/aromatic N) is 6. The number of aromatic amines is 1. The van der Waals surface area contributed by atoms with E-state index in [2.05, 4.69) is 55.4 Å². The van der Waals surface area contributed by atoms with Gasteiger partial charge in [-0.3, -0.25) is 14.6 Å². The van der Waals surface area contributed by atoms with Crippen molar-refractivity contribution in [3.05, 3.63) is 51.6 Å². The molecule has 1 saturated heterocycles. The zero-order valence-corrected chi connectivity index (χ0v) is 21.5. The smallest absolute Gasteiger partial charge is 0.253 e. The lowest BCUT2D eigenvalue weighted by Gasteiger charge is -2.43. The number of pyridine rings is 1. The molecule has 1 aliphatic heterocycles. The normalized spacial score (nSPS) is 21.9. The molecule has 1 unspecified atom stereocenters. The zero-order valence-electron chi connectivity index (χ0n) is 21.5. The average Bonchev–Trinajstić information content (AvgIpc) is 3.62. The van der Waals surface area contributed by atoms with Gasteiger partial charge in [0.1, 0.15) is 6.04 Å². The molecule has 0 spiro atoms. The molecule has 6 rings (SSSR count). The molecule has 8 heteroatoms. The van der Waals surface area contributed by atoms with Crippen LogP contribution in [-0.2, 0) is 6.42 Å². The van der Waals surface area contributed by atoms with Gasteiger partial charge in [0.15, 0.2) is 5.82 Å². The fourth-order valence-electron chi connectivity index (χ4n) is 6.79. The highest BCUT2D eigenvalue weighted by molar-refractivity contribution is 5.80. The number of piperazine rings is 1. The Balaban J connectivity index is 1.37. The highest BCUT2D eigenvalue weighted by Gasteiger charge is 2.35. The van der Waals surface area contributed by atoms with E-state index in [-0.39, 0.29) is 11.6 Å². The lowest BCUT2D eigenvalue weighted by atomic mass is 9.93. The zero-order chi connectivity index (χ0) is 24.5. The minimum absolute atomic E-state index is 0.0348. The standard InChI is InChI=1S/C28H39N7O/c1-2-20-12-13-25-21(18-20)19-24(28(36)29-25)26(27-30-31-32-35(27)23-10-6-7-11-23)34-16-14-33(15-17-34)22-8-4-3-5-9-22/h12-13,18-19,22-23,26H,2-11,14-17H2,1H3,(H,29,36). The van der Waals surface area contributed by atoms with Gasteiger partial charge >= 0.3 is 0 Å². The van der Waals surface area contributed by atoms with Crippen LogP contribution >= 0.6 is 0 Å². The van der Waals surface area contributed by atoms with Gasteiger partial charge in [0.05, 0.1) is 6.04 Å². The van der Waals surface area contributed by atoms with Crippen LogP contribution in [0.5, 0.6) is 0 Å². The summed E-state index contributed by atoms with van der Waals surface area (Å²) in [5.41, 5.74) is 2.88. The van der Waals surface area contributed by atoms with E-state index in [0.29, 0.717) is 6.04 Å². The fraction of sp³-hybridized carbons (Fsp3) is 0.643. The largest absolute Gasteiger partial charge is 0.322 e. The summed E-state index contributed by atoms with van der Waals surface area (Å²) in [6, 6.07) is 9.23. The topological polar surface area (TPSA) is 82.9 Å². The lowest BCUT2D eigenvalue weighted by molar-refractivity contribution is 0.0613. The summed E-state index contributed by atoms with van der Waals surface area (Å²) in [6.07, 6.45) is 12.4. The van der Waals surface area contributed by atoms with Crippen molar-refractivity contribution in [2.24, 2.45) is 0 Å². The van der Waals surface area contributed by atoms with E-state index in [1.54, 1.807) is 0 Å². The van der Waals surface area contributed by atoms with E-state index in [1.807, 2.05) is 10.7 Å². The number of fused-ring (bicyclic) bond motifs is 1. The van der Waals surface area contributed by atoms with Crippen LogP contribution in [0.1, 0.15) is 93.7 Å². The number of aryl methyl sites for hydroxylation is 1. The minimum atomic E-state index is -0.243. The van der Waals surface area contributed by atoms with Gasteiger partial charge < -0.3 is 4.98 Å². The van der Waals surface area contributed by atoms with Crippen molar-refractivity contribution in [2.75, 3.05) is 26.2 Å². The Morgan fingerprint density at radius 1 is 0.944 bits per heavy atom. The minimum Gasteiger partial charge on any atom is -0.322 e. The number of aromatic nitrogens is 5. The van der Waals surface area contributed by atoms with Gasteiger partial charge in [-0.15, -0.1) is 5.10 Å². The third kappa shape index (κ3) is 4.61. The Morgan fingerprint density at radius 3 is 2.42 bits per heavy atom. The van der Waals surface area contributed by atoms with Crippen LogP contribution in [0.2, 0.25) is 0 Å². The van der Waals surface area contributed by atoms with Gasteiger partial charge in [0, 0.05) is 43.3 Å². The van der Waals surface area contributed by atoms with E-state index in [4.69, 9.17) is 0 Å². The Morgan fingerprint density at radius 2 is 1.67 bits per heavy atom. The Bertz CT molecular complexity index is 1230. The van der Waals surface area contributed by atoms with Crippen molar-refractivity contribution < 1.29 is 0 Å². The maximum atomic E-state index is 13.5. The first-order chi connectivity index (χ1) is 17.7. The number of H-pyrrole nitrogens is 1. The predicted molar refractivity (Wildman–Crippen MR) is 141 cm³/mol. The molecular weight excluding hydrogens is 450 g/mol. The van der Waals surface area contributed by atoms with Crippen LogP contribution in [0.3, 0.4) is 0 Å². The first-order valence-electron chi connectivity index (χ1n) is 14.1. The molecule has 3 aliphatic rings. The van der Waals surface area contributed by atoms with E-state index in [0.717, 1.165) is 73.8 Å². The van der Waals surface area contributed by atoms with Crippen molar-refractivity contribution in [2.45, 2.75) is 89.3 Å². The number of tetrazole rings is 1. The van der Waals surface area contributed by atoms with Crippen LogP contribution in [0.4, 0.5) is 0 Å². The van der Waals surface area contributed by atoms with Crippen molar-refractivity contribution >= 4 is 10.9 Å². The summed E-state index contributed by atoms with van der Waals surface area (Å²) in [6.45, 7) is 6.09. The summed E-state index contributed by atoms with van der Waals surface area (Å²) in [5.74, 6) is 0.824. The van der Waals surface area contributed by atoms with Gasteiger partial charge in [0.2, 0.25) is 0 Å². The average molecular weight is 490 g/mol. The molecule has 0 amide bonds. The molecule has 0 radical (unpaired) electrons. The summed E-state index contributed by atoms with van der Waals surface area (Å²) in [5, 5.41) is 14.2. The summed E-state index contributed by atoms with van der Waals surface area (Å²) in [4.78, 5) is 21.9. The second-order valence-corrected chi connectivity index (χ2v) is 11.0. The second-order valence-electron chi connectivity index (χ2n) is 11.0. The fourth-order valence-corrected chi connectivity index (χ4v) is 6.79. The third-order valence-corrected chi connectivity index (χ3v) is 8.88. The highest BCUT2D eigenvalue weighted by atomic mass is 16.1. The van der Waals surface area contributed by atoms with Gasteiger partial charge in [0.25, 0.3) is 5.56 Å². The SMILES string of the molecule is CCc1ccc2[nH]c(=O)c(C(c3nnnn3C3CCCC3)N3CCN(C4CCCCC4)CC3)cc2c1. The van der Waals surface area contributed by atoms with Crippen molar-refractivity contribution in [1.82, 2.24) is 35.0 Å². The molecule has 2 saturated carbocycles. The number of hydrogen-bond donors (Lipinski definition) is 1. The Kier molecular flexibility index (Phi) is 6.89. The number of rotatable bonds is 6. The summed E-state index contributed by atoms with van der Waals surface area (Å²) < 4.78 is 2.04. The molecule has 2 aromatic heterocycles. The van der Waals surface area contributed by atoms with Crippen LogP contribution in [0, 0.1) is 0 Å². The predicted octanol–water partition coefficient (Wildman–Crippen LogP) is 4.23. The van der Waals surface area contributed by atoms with Crippen LogP contribution < -0.4 is 5.56 Å². The lowest BCUT2D eigenvalue weighted by Crippen LogP contribution is -2.52. The van der Waals surface area contributed by atoms with Crippen molar-refractivity contribution in [3.8, 4) is 0 Å². The van der Waals surface area contributed by atoms with E-state index >= 15 is 0 Å². The van der Waals surface area contributed by atoms with E-state index < -0.39 is 0 Å². The summed E-state index contributed by atoms with van der Waals surface area (Å²) in [7, 11) is 0. The molecule has 1 aromatic carbocycles. The quantitative estimate of drug-likeness (QED) is 0.558. The maximum absolute atomic E-state index is 13.5. The van der Waals surface area contributed by atoms with Gasteiger partial charge in [-0.2, -0.15) is 0 Å². The molecule has 3 heterocycles. The number of hydrogen-bond acceptors (Lipinski definition) is 6. The molecule has 2 aliphatic carbocycles. The molecule has 3 aromatic rings. The van der Waals surface area contributed by atoms with Crippen molar-refractivity contribution in [3.63, 3.8) is 0 Å². The molecule has 36 heavy (non-hydrogen) atoms. The molecular formula is C28H39N7O. The number of benzene rings is 1. The van der Waals surface area contributed by atoms with Crippen LogP contribution in [0.15, 0.2) is 29.1 Å². The molecule has 1 atom stereocenters. The maximum Gasteiger partial charge on any atom is 0.253 e. The van der Waals surface area contributed by atoms with E-state index in [9.17, 15) is 4.79 Å². The molecule has 8 nitrogen and oxygen atoms in total. The Labute approximate surface area is 213 Å². The van der Waals surface area contributed by atoms with Gasteiger partial charge in [-0.25, -0.2) is 4.68 Å². The Hall–Kier alpha value is -2.58. The summed E-state index contributed by atoms with van der Waals surface area (Å²) >= 11 is 0. The first kappa shape index (κ1) is 23.8. The first-order valence-corrected chi connectivity index (χ1v) is 14.1. The van der Waals surface area contributed by atoms with Crippen LogP contribution in [-0.4, -0.2) is 67.2 Å². The molecule has 1 N–H and O–H groups in total. The van der Waals surface area contributed by atoms with Crippen molar-refractivity contribution in [1.29, 1.82) is 0 Å². The number of nitrogens with one attached hydrogen (secondary N) is 1. The molecule has 192 valence electrons. The third-order valence-electron chi connectivity index (χ3n) is 8.88. The second kappa shape index (κ2) is 10.4. The monoisotopic (exact) mass is 489 g/mol. The van der Waals surface area contributed by atoms with Gasteiger partial charge in [-0.05, 0) is 71.7 Å². The highest BCUT2D eigenvalue weighted by Crippen LogP contribution is 2.35. The van der Waals surface area contributed by atoms with Crippen LogP contribution in [0.25, 0.3) is 10.9 Å². The van der Waals surface area contributed by atoms with E-state index in [1.165, 1.54) is 50.5 Å².